The lowest BCUT2D eigenvalue weighted by molar-refractivity contribution is -0.120. The second kappa shape index (κ2) is 7.61. The van der Waals surface area contributed by atoms with Gasteiger partial charge in [-0.2, -0.15) is 0 Å². The van der Waals surface area contributed by atoms with Gasteiger partial charge >= 0.3 is 0 Å². The summed E-state index contributed by atoms with van der Waals surface area (Å²) < 4.78 is 0. The van der Waals surface area contributed by atoms with Crippen molar-refractivity contribution in [3.63, 3.8) is 0 Å². The van der Waals surface area contributed by atoms with E-state index < -0.39 is 0 Å². The quantitative estimate of drug-likeness (QED) is 0.691. The lowest BCUT2D eigenvalue weighted by atomic mass is 9.94. The maximum atomic E-state index is 11.5. The van der Waals surface area contributed by atoms with E-state index in [2.05, 4.69) is 47.1 Å². The number of hydrogen-bond donors (Lipinski definition) is 0. The first-order valence-electron chi connectivity index (χ1n) is 5.90. The lowest BCUT2D eigenvalue weighted by Gasteiger charge is -2.11. The van der Waals surface area contributed by atoms with Crippen LogP contribution in [-0.4, -0.2) is 11.1 Å². The van der Waals surface area contributed by atoms with E-state index in [9.17, 15) is 4.79 Å². The summed E-state index contributed by atoms with van der Waals surface area (Å²) in [7, 11) is 0. The zero-order valence-electron chi connectivity index (χ0n) is 9.79. The van der Waals surface area contributed by atoms with Crippen molar-refractivity contribution in [2.24, 2.45) is 5.92 Å². The highest BCUT2D eigenvalue weighted by atomic mass is 79.9. The zero-order chi connectivity index (χ0) is 11.8. The van der Waals surface area contributed by atoms with Crippen LogP contribution in [0.3, 0.4) is 0 Å². The van der Waals surface area contributed by atoms with Crippen LogP contribution in [-0.2, 0) is 11.2 Å². The highest BCUT2D eigenvalue weighted by molar-refractivity contribution is 9.09. The van der Waals surface area contributed by atoms with Gasteiger partial charge in [-0.3, -0.25) is 4.79 Å². The third-order valence-electron chi connectivity index (χ3n) is 2.94. The number of Topliss-reactive ketones (excluding diaryl/α,β-unsaturated/α-hetero) is 1. The SMILES string of the molecule is CCC(CCCc1ccccc1)C(=O)CBr. The van der Waals surface area contributed by atoms with E-state index in [0.29, 0.717) is 11.1 Å². The average Bonchev–Trinajstić information content (AvgIpc) is 2.35. The van der Waals surface area contributed by atoms with Gasteiger partial charge in [0.1, 0.15) is 5.78 Å². The van der Waals surface area contributed by atoms with Crippen LogP contribution in [0.4, 0.5) is 0 Å². The van der Waals surface area contributed by atoms with E-state index in [-0.39, 0.29) is 5.92 Å². The van der Waals surface area contributed by atoms with E-state index in [1.165, 1.54) is 5.56 Å². The van der Waals surface area contributed by atoms with Crippen LogP contribution in [0.5, 0.6) is 0 Å². The molecule has 0 N–H and O–H groups in total. The van der Waals surface area contributed by atoms with Gasteiger partial charge in [0.2, 0.25) is 0 Å². The third-order valence-corrected chi connectivity index (χ3v) is 3.49. The van der Waals surface area contributed by atoms with Gasteiger partial charge < -0.3 is 0 Å². The first kappa shape index (κ1) is 13.4. The molecule has 0 spiro atoms. The Bertz CT molecular complexity index is 308. The smallest absolute Gasteiger partial charge is 0.146 e. The summed E-state index contributed by atoms with van der Waals surface area (Å²) in [5.41, 5.74) is 1.36. The van der Waals surface area contributed by atoms with Crippen LogP contribution in [0.1, 0.15) is 31.7 Å². The third kappa shape index (κ3) is 4.48. The Kier molecular flexibility index (Phi) is 6.39. The molecular formula is C14H19BrO. The molecule has 0 bridgehead atoms. The van der Waals surface area contributed by atoms with Crippen molar-refractivity contribution in [1.29, 1.82) is 0 Å². The molecule has 0 aliphatic rings. The van der Waals surface area contributed by atoms with Gasteiger partial charge in [0.25, 0.3) is 0 Å². The second-order valence-corrected chi connectivity index (χ2v) is 4.64. The summed E-state index contributed by atoms with van der Waals surface area (Å²) in [6.07, 6.45) is 4.14. The normalized spacial score (nSPS) is 12.4. The van der Waals surface area contributed by atoms with Gasteiger partial charge in [-0.25, -0.2) is 0 Å². The van der Waals surface area contributed by atoms with Crippen molar-refractivity contribution < 1.29 is 4.79 Å². The van der Waals surface area contributed by atoms with Crippen molar-refractivity contribution >= 4 is 21.7 Å². The first-order valence-corrected chi connectivity index (χ1v) is 7.02. The molecule has 1 unspecified atom stereocenters. The number of alkyl halides is 1. The van der Waals surface area contributed by atoms with Crippen molar-refractivity contribution in [2.45, 2.75) is 32.6 Å². The van der Waals surface area contributed by atoms with Gasteiger partial charge in [0.15, 0.2) is 0 Å². The highest BCUT2D eigenvalue weighted by Gasteiger charge is 2.14. The molecule has 1 aromatic rings. The molecule has 2 heteroatoms. The van der Waals surface area contributed by atoms with Gasteiger partial charge in [0, 0.05) is 5.92 Å². The lowest BCUT2D eigenvalue weighted by Crippen LogP contribution is -2.14. The molecule has 0 heterocycles. The fourth-order valence-corrected chi connectivity index (χ4v) is 2.36. The van der Waals surface area contributed by atoms with Crippen molar-refractivity contribution in [3.05, 3.63) is 35.9 Å². The van der Waals surface area contributed by atoms with E-state index >= 15 is 0 Å². The minimum atomic E-state index is 0.239. The minimum Gasteiger partial charge on any atom is -0.298 e. The topological polar surface area (TPSA) is 17.1 Å². The molecule has 0 aliphatic carbocycles. The van der Waals surface area contributed by atoms with Crippen molar-refractivity contribution in [2.75, 3.05) is 5.33 Å². The molecule has 1 atom stereocenters. The van der Waals surface area contributed by atoms with Gasteiger partial charge in [-0.1, -0.05) is 53.2 Å². The molecular weight excluding hydrogens is 264 g/mol. The molecule has 16 heavy (non-hydrogen) atoms. The predicted molar refractivity (Wildman–Crippen MR) is 72.0 cm³/mol. The standard InChI is InChI=1S/C14H19BrO/c1-2-13(14(16)11-15)10-6-9-12-7-4-3-5-8-12/h3-5,7-8,13H,2,6,9-11H2,1H3. The largest absolute Gasteiger partial charge is 0.298 e. The molecule has 1 rings (SSSR count). The maximum Gasteiger partial charge on any atom is 0.146 e. The van der Waals surface area contributed by atoms with Crippen LogP contribution in [0.25, 0.3) is 0 Å². The molecule has 0 fully saturated rings. The van der Waals surface area contributed by atoms with Gasteiger partial charge in [-0.05, 0) is 31.2 Å². The van der Waals surface area contributed by atoms with Crippen LogP contribution >= 0.6 is 15.9 Å². The summed E-state index contributed by atoms with van der Waals surface area (Å²) in [5.74, 6) is 0.582. The zero-order valence-corrected chi connectivity index (χ0v) is 11.4. The number of carbonyl (C=O) groups is 1. The highest BCUT2D eigenvalue weighted by Crippen LogP contribution is 2.15. The summed E-state index contributed by atoms with van der Waals surface area (Å²) in [4.78, 5) is 11.5. The van der Waals surface area contributed by atoms with E-state index in [1.54, 1.807) is 0 Å². The van der Waals surface area contributed by atoms with Crippen molar-refractivity contribution in [1.82, 2.24) is 0 Å². The summed E-state index contributed by atoms with van der Waals surface area (Å²) >= 11 is 3.24. The fraction of sp³-hybridized carbons (Fsp3) is 0.500. The Balaban J connectivity index is 2.31. The molecule has 1 nitrogen and oxygen atoms in total. The second-order valence-electron chi connectivity index (χ2n) is 4.08. The monoisotopic (exact) mass is 282 g/mol. The van der Waals surface area contributed by atoms with Crippen LogP contribution < -0.4 is 0 Å². The van der Waals surface area contributed by atoms with Crippen molar-refractivity contribution in [3.8, 4) is 0 Å². The molecule has 0 aromatic heterocycles. The fourth-order valence-electron chi connectivity index (χ4n) is 1.90. The molecule has 0 saturated heterocycles. The number of ketones is 1. The van der Waals surface area contributed by atoms with E-state index in [4.69, 9.17) is 0 Å². The van der Waals surface area contributed by atoms with Gasteiger partial charge in [0.05, 0.1) is 5.33 Å². The Morgan fingerprint density at radius 2 is 2.00 bits per heavy atom. The number of rotatable bonds is 7. The first-order chi connectivity index (χ1) is 7.77. The molecule has 88 valence electrons. The molecule has 0 radical (unpaired) electrons. The molecule has 1 aromatic carbocycles. The summed E-state index contributed by atoms with van der Waals surface area (Å²) in [6, 6.07) is 10.5. The number of halogens is 1. The number of aryl methyl sites for hydroxylation is 1. The average molecular weight is 283 g/mol. The maximum absolute atomic E-state index is 11.5. The van der Waals surface area contributed by atoms with Crippen LogP contribution in [0.2, 0.25) is 0 Å². The molecule has 0 amide bonds. The number of carbonyl (C=O) groups excluding carboxylic acids is 1. The Hall–Kier alpha value is -0.630. The Labute approximate surface area is 106 Å². The van der Waals surface area contributed by atoms with E-state index in [1.807, 2.05) is 6.07 Å². The predicted octanol–water partition coefficient (Wildman–Crippen LogP) is 4.00. The van der Waals surface area contributed by atoms with Gasteiger partial charge in [-0.15, -0.1) is 0 Å². The summed E-state index contributed by atoms with van der Waals surface area (Å²) in [5, 5.41) is 0.497. The number of hydrogen-bond acceptors (Lipinski definition) is 1. The Morgan fingerprint density at radius 3 is 2.56 bits per heavy atom. The van der Waals surface area contributed by atoms with Crippen LogP contribution in [0, 0.1) is 5.92 Å². The van der Waals surface area contributed by atoms with Crippen LogP contribution in [0.15, 0.2) is 30.3 Å². The molecule has 0 saturated carbocycles. The van der Waals surface area contributed by atoms with E-state index in [0.717, 1.165) is 25.7 Å². The molecule has 0 aliphatic heterocycles. The summed E-state index contributed by atoms with van der Waals surface area (Å²) in [6.45, 7) is 2.09. The number of benzene rings is 1. The minimum absolute atomic E-state index is 0.239. The Morgan fingerprint density at radius 1 is 1.31 bits per heavy atom.